The molecule has 0 aliphatic rings. The Balaban J connectivity index is 1.63. The van der Waals surface area contributed by atoms with E-state index in [9.17, 15) is 14.4 Å². The smallest absolute Gasteiger partial charge is 0.251 e. The lowest BCUT2D eigenvalue weighted by molar-refractivity contribution is -0.119. The number of ketones is 2. The van der Waals surface area contributed by atoms with E-state index in [4.69, 9.17) is 5.73 Å². The molecule has 3 rings (SSSR count). The van der Waals surface area contributed by atoms with Gasteiger partial charge in [-0.05, 0) is 63.3 Å². The van der Waals surface area contributed by atoms with Crippen molar-refractivity contribution in [3.63, 3.8) is 0 Å². The Morgan fingerprint density at radius 1 is 1.10 bits per heavy atom. The molecule has 3 aromatic rings. The van der Waals surface area contributed by atoms with Gasteiger partial charge in [0.15, 0.2) is 5.78 Å². The summed E-state index contributed by atoms with van der Waals surface area (Å²) in [6, 6.07) is 6.65. The van der Waals surface area contributed by atoms with Crippen LogP contribution in [0.25, 0.3) is 11.0 Å². The lowest BCUT2D eigenvalue weighted by atomic mass is 10.0. The van der Waals surface area contributed by atoms with Gasteiger partial charge in [0.1, 0.15) is 11.4 Å². The third-order valence-corrected chi connectivity index (χ3v) is 5.29. The number of amides is 1. The maximum absolute atomic E-state index is 12.5. The third kappa shape index (κ3) is 5.53. The van der Waals surface area contributed by atoms with E-state index in [0.717, 1.165) is 40.7 Å². The molecule has 0 fully saturated rings. The van der Waals surface area contributed by atoms with Gasteiger partial charge in [-0.15, -0.1) is 0 Å². The Morgan fingerprint density at radius 2 is 1.81 bits per heavy atom. The van der Waals surface area contributed by atoms with Crippen molar-refractivity contribution in [2.24, 2.45) is 0 Å². The molecule has 31 heavy (non-hydrogen) atoms. The molecule has 0 spiro atoms. The fourth-order valence-corrected chi connectivity index (χ4v) is 3.58. The lowest BCUT2D eigenvalue weighted by Crippen LogP contribution is -2.40. The van der Waals surface area contributed by atoms with E-state index >= 15 is 0 Å². The Labute approximate surface area is 180 Å². The summed E-state index contributed by atoms with van der Waals surface area (Å²) in [5, 5.41) is 3.72. The van der Waals surface area contributed by atoms with Gasteiger partial charge < -0.3 is 20.8 Å². The number of nitrogens with two attached hydrogens (primary N) is 1. The maximum Gasteiger partial charge on any atom is 0.251 e. The Morgan fingerprint density at radius 3 is 2.45 bits per heavy atom. The Kier molecular flexibility index (Phi) is 6.79. The number of hydrogen-bond donors (Lipinski definition) is 3. The number of carbonyl (C=O) groups is 3. The van der Waals surface area contributed by atoms with Gasteiger partial charge >= 0.3 is 0 Å². The van der Waals surface area contributed by atoms with Crippen molar-refractivity contribution in [3.8, 4) is 0 Å². The second kappa shape index (κ2) is 9.51. The molecular formula is C23H27N5O3. The minimum absolute atomic E-state index is 0.00900. The molecule has 0 saturated heterocycles. The number of H-pyrrole nitrogens is 1. The van der Waals surface area contributed by atoms with E-state index in [1.807, 2.05) is 25.3 Å². The third-order valence-electron chi connectivity index (χ3n) is 5.29. The zero-order valence-electron chi connectivity index (χ0n) is 18.0. The number of Topliss-reactive ketones (excluding diaryl/α,β-unsaturated/α-hetero) is 2. The van der Waals surface area contributed by atoms with Gasteiger partial charge in [-0.2, -0.15) is 4.98 Å². The molecule has 1 aromatic carbocycles. The fraction of sp³-hybridized carbons (Fsp3) is 0.348. The molecule has 1 unspecified atom stereocenters. The van der Waals surface area contributed by atoms with Crippen molar-refractivity contribution in [1.82, 2.24) is 20.3 Å². The number of carbonyl (C=O) groups excluding carboxylic acids is 3. The normalized spacial score (nSPS) is 12.0. The summed E-state index contributed by atoms with van der Waals surface area (Å²) >= 11 is 0. The maximum atomic E-state index is 12.5. The molecule has 8 nitrogen and oxygen atoms in total. The molecule has 162 valence electrons. The van der Waals surface area contributed by atoms with Gasteiger partial charge in [0, 0.05) is 23.6 Å². The quantitative estimate of drug-likeness (QED) is 0.487. The zero-order chi connectivity index (χ0) is 22.5. The highest BCUT2D eigenvalue weighted by molar-refractivity contribution is 5.97. The number of anilines is 1. The summed E-state index contributed by atoms with van der Waals surface area (Å²) in [6.45, 7) is 4.80. The van der Waals surface area contributed by atoms with Crippen molar-refractivity contribution in [1.29, 1.82) is 0 Å². The number of aryl methyl sites for hydroxylation is 3. The average Bonchev–Trinajstić information content (AvgIpc) is 3.12. The van der Waals surface area contributed by atoms with Gasteiger partial charge in [-0.3, -0.25) is 9.59 Å². The summed E-state index contributed by atoms with van der Waals surface area (Å²) in [4.78, 5) is 47.0. The predicted molar refractivity (Wildman–Crippen MR) is 119 cm³/mol. The van der Waals surface area contributed by atoms with Crippen molar-refractivity contribution in [3.05, 3.63) is 52.8 Å². The van der Waals surface area contributed by atoms with E-state index in [1.165, 1.54) is 13.8 Å². The highest BCUT2D eigenvalue weighted by Gasteiger charge is 2.18. The van der Waals surface area contributed by atoms with Gasteiger partial charge in [0.05, 0.1) is 11.7 Å². The number of aromatic nitrogens is 3. The largest absolute Gasteiger partial charge is 0.368 e. The molecule has 0 aliphatic carbocycles. The van der Waals surface area contributed by atoms with Crippen molar-refractivity contribution >= 4 is 34.5 Å². The van der Waals surface area contributed by atoms with E-state index in [0.29, 0.717) is 12.0 Å². The average molecular weight is 422 g/mol. The van der Waals surface area contributed by atoms with Crippen LogP contribution in [0.3, 0.4) is 0 Å². The van der Waals surface area contributed by atoms with E-state index in [1.54, 1.807) is 12.1 Å². The van der Waals surface area contributed by atoms with Crippen LogP contribution in [0.5, 0.6) is 0 Å². The number of benzene rings is 1. The van der Waals surface area contributed by atoms with Gasteiger partial charge in [-0.1, -0.05) is 12.1 Å². The van der Waals surface area contributed by atoms with Crippen LogP contribution in [0, 0.1) is 6.92 Å². The Bertz CT molecular complexity index is 1120. The van der Waals surface area contributed by atoms with Gasteiger partial charge in [-0.25, -0.2) is 4.98 Å². The summed E-state index contributed by atoms with van der Waals surface area (Å²) < 4.78 is 0. The number of nitrogen functional groups attached to an aromatic ring is 1. The first-order chi connectivity index (χ1) is 14.7. The predicted octanol–water partition coefficient (Wildman–Crippen LogP) is 2.69. The van der Waals surface area contributed by atoms with Crippen LogP contribution in [-0.4, -0.2) is 38.5 Å². The molecule has 1 amide bonds. The highest BCUT2D eigenvalue weighted by Crippen LogP contribution is 2.22. The minimum Gasteiger partial charge on any atom is -0.368 e. The van der Waals surface area contributed by atoms with Crippen LogP contribution in [-0.2, 0) is 22.4 Å². The van der Waals surface area contributed by atoms with E-state index < -0.39 is 6.04 Å². The molecular weight excluding hydrogens is 394 g/mol. The van der Waals surface area contributed by atoms with Gasteiger partial charge in [0.2, 0.25) is 5.95 Å². The first-order valence-electron chi connectivity index (χ1n) is 10.2. The van der Waals surface area contributed by atoms with Crippen LogP contribution in [0.15, 0.2) is 30.5 Å². The van der Waals surface area contributed by atoms with E-state index in [-0.39, 0.29) is 29.8 Å². The number of nitrogens with zero attached hydrogens (tertiary/aromatic N) is 2. The van der Waals surface area contributed by atoms with Crippen molar-refractivity contribution in [2.45, 2.75) is 52.5 Å². The summed E-state index contributed by atoms with van der Waals surface area (Å²) in [6.07, 6.45) is 4.07. The lowest BCUT2D eigenvalue weighted by Gasteiger charge is -2.15. The zero-order valence-corrected chi connectivity index (χ0v) is 18.0. The molecule has 2 aromatic heterocycles. The van der Waals surface area contributed by atoms with Crippen LogP contribution in [0.4, 0.5) is 5.95 Å². The van der Waals surface area contributed by atoms with Crippen molar-refractivity contribution in [2.75, 3.05) is 5.73 Å². The van der Waals surface area contributed by atoms with Crippen LogP contribution >= 0.6 is 0 Å². The summed E-state index contributed by atoms with van der Waals surface area (Å²) in [5.74, 6) is -0.242. The minimum atomic E-state index is -0.655. The summed E-state index contributed by atoms with van der Waals surface area (Å²) in [7, 11) is 0. The van der Waals surface area contributed by atoms with Crippen LogP contribution < -0.4 is 11.1 Å². The number of rotatable bonds is 9. The topological polar surface area (TPSA) is 131 Å². The molecule has 2 heterocycles. The molecule has 0 aliphatic heterocycles. The first-order valence-corrected chi connectivity index (χ1v) is 10.2. The van der Waals surface area contributed by atoms with Crippen LogP contribution in [0.2, 0.25) is 0 Å². The van der Waals surface area contributed by atoms with Crippen molar-refractivity contribution < 1.29 is 14.4 Å². The van der Waals surface area contributed by atoms with E-state index in [2.05, 4.69) is 20.3 Å². The molecule has 0 bridgehead atoms. The number of nitrogens with one attached hydrogen (secondary N) is 2. The standard InChI is InChI=1S/C23H27N5O3/c1-13(29)4-11-19(15(3)30)27-22(31)17-8-5-16(6-9-17)7-10-18-12-25-21-20(18)14(2)26-23(24)28-21/h5-6,8-9,12,19H,4,7,10-11H2,1-3H3,(H,27,31)(H3,24,25,26,28). The second-order valence-corrected chi connectivity index (χ2v) is 7.78. The second-order valence-electron chi connectivity index (χ2n) is 7.78. The Hall–Kier alpha value is -3.55. The molecule has 4 N–H and O–H groups in total. The van der Waals surface area contributed by atoms with Crippen LogP contribution in [0.1, 0.15) is 53.9 Å². The molecule has 1 atom stereocenters. The van der Waals surface area contributed by atoms with Gasteiger partial charge in [0.25, 0.3) is 5.91 Å². The molecule has 8 heteroatoms. The number of fused-ring (bicyclic) bond motifs is 1. The molecule has 0 saturated carbocycles. The molecule has 0 radical (unpaired) electrons. The SMILES string of the molecule is CC(=O)CCC(NC(=O)c1ccc(CCc2c[nH]c3nc(N)nc(C)c23)cc1)C(C)=O. The number of hydrogen-bond acceptors (Lipinski definition) is 6. The fourth-order valence-electron chi connectivity index (χ4n) is 3.58. The number of aromatic amines is 1. The highest BCUT2D eigenvalue weighted by atomic mass is 16.2. The first kappa shape index (κ1) is 22.1. The summed E-state index contributed by atoms with van der Waals surface area (Å²) in [5.41, 5.74) is 9.96. The monoisotopic (exact) mass is 421 g/mol.